The third-order valence-electron chi connectivity index (χ3n) is 1.94. The van der Waals surface area contributed by atoms with Gasteiger partial charge in [-0.25, -0.2) is 26.5 Å². The Kier molecular flexibility index (Phi) is 5.03. The largest absolute Gasteiger partial charge is 0.361 e. The standard InChI is InChI=1S/C8H12N4O6S3/c1-20(15,16)7-4(3-10-21(2,17)18)11-8(19-7)12-6(14)5(9)13/h10H,3H2,1-2H3,(H2,9,13)(H,11,12,14). The van der Waals surface area contributed by atoms with E-state index in [0.717, 1.165) is 12.5 Å². The fourth-order valence-corrected chi connectivity index (χ4v) is 3.65. The van der Waals surface area contributed by atoms with Gasteiger partial charge in [-0.1, -0.05) is 11.3 Å². The Morgan fingerprint density at radius 1 is 1.24 bits per heavy atom. The van der Waals surface area contributed by atoms with Gasteiger partial charge in [-0.3, -0.25) is 14.9 Å². The highest BCUT2D eigenvalue weighted by molar-refractivity contribution is 7.93. The molecule has 1 aromatic heterocycles. The summed E-state index contributed by atoms with van der Waals surface area (Å²) in [6.07, 6.45) is 1.80. The van der Waals surface area contributed by atoms with Gasteiger partial charge >= 0.3 is 11.8 Å². The van der Waals surface area contributed by atoms with Crippen LogP contribution in [0.1, 0.15) is 5.69 Å². The highest BCUT2D eigenvalue weighted by atomic mass is 32.2. The van der Waals surface area contributed by atoms with Gasteiger partial charge in [0.2, 0.25) is 10.0 Å². The lowest BCUT2D eigenvalue weighted by atomic mass is 10.5. The maximum atomic E-state index is 11.6. The molecule has 0 aliphatic heterocycles. The number of amides is 2. The van der Waals surface area contributed by atoms with Crippen molar-refractivity contribution in [3.8, 4) is 0 Å². The van der Waals surface area contributed by atoms with Gasteiger partial charge in [0.1, 0.15) is 4.21 Å². The first-order valence-electron chi connectivity index (χ1n) is 5.15. The number of primary amides is 1. The molecular formula is C8H12N4O6S3. The van der Waals surface area contributed by atoms with E-state index in [1.54, 1.807) is 0 Å². The molecule has 0 saturated carbocycles. The zero-order valence-electron chi connectivity index (χ0n) is 10.9. The molecule has 0 atom stereocenters. The van der Waals surface area contributed by atoms with Crippen LogP contribution in [0.3, 0.4) is 0 Å². The Bertz CT molecular complexity index is 779. The minimum Gasteiger partial charge on any atom is -0.361 e. The summed E-state index contributed by atoms with van der Waals surface area (Å²) in [5.74, 6) is -2.42. The van der Waals surface area contributed by atoms with Gasteiger partial charge in [0, 0.05) is 6.26 Å². The van der Waals surface area contributed by atoms with Crippen LogP contribution >= 0.6 is 11.3 Å². The van der Waals surface area contributed by atoms with Gasteiger partial charge in [-0.2, -0.15) is 0 Å². The molecule has 0 saturated heterocycles. The molecule has 4 N–H and O–H groups in total. The average molecular weight is 356 g/mol. The number of rotatable bonds is 5. The number of sulfone groups is 1. The molecule has 0 aliphatic rings. The molecule has 0 radical (unpaired) electrons. The lowest BCUT2D eigenvalue weighted by Crippen LogP contribution is -2.29. The van der Waals surface area contributed by atoms with Gasteiger partial charge in [-0.15, -0.1) is 0 Å². The highest BCUT2D eigenvalue weighted by Gasteiger charge is 2.22. The summed E-state index contributed by atoms with van der Waals surface area (Å²) in [6, 6.07) is 0. The van der Waals surface area contributed by atoms with Gasteiger partial charge in [0.05, 0.1) is 18.5 Å². The lowest BCUT2D eigenvalue weighted by Gasteiger charge is -2.01. The molecule has 1 aromatic rings. The van der Waals surface area contributed by atoms with Crippen LogP contribution in [0.5, 0.6) is 0 Å². The number of hydrogen-bond acceptors (Lipinski definition) is 8. The second kappa shape index (κ2) is 6.05. The zero-order chi connectivity index (χ0) is 16.4. The third kappa shape index (κ3) is 5.37. The van der Waals surface area contributed by atoms with Crippen LogP contribution in [-0.2, 0) is 36.0 Å². The van der Waals surface area contributed by atoms with Crippen LogP contribution in [0, 0.1) is 0 Å². The molecule has 0 aliphatic carbocycles. The Morgan fingerprint density at radius 2 is 1.81 bits per heavy atom. The lowest BCUT2D eigenvalue weighted by molar-refractivity contribution is -0.134. The number of sulfonamides is 1. The van der Waals surface area contributed by atoms with Crippen LogP contribution in [0.25, 0.3) is 0 Å². The second-order valence-corrected chi connectivity index (χ2v) is 8.98. The molecule has 118 valence electrons. The molecule has 0 fully saturated rings. The van der Waals surface area contributed by atoms with E-state index in [1.807, 2.05) is 5.32 Å². The summed E-state index contributed by atoms with van der Waals surface area (Å²) in [6.45, 7) is -0.371. The van der Waals surface area contributed by atoms with E-state index in [1.165, 1.54) is 0 Å². The van der Waals surface area contributed by atoms with Crippen LogP contribution < -0.4 is 15.8 Å². The van der Waals surface area contributed by atoms with Gasteiger partial charge in [0.15, 0.2) is 15.0 Å². The fraction of sp³-hybridized carbons (Fsp3) is 0.375. The smallest absolute Gasteiger partial charge is 0.315 e. The van der Waals surface area contributed by atoms with Gasteiger partial charge in [-0.05, 0) is 0 Å². The van der Waals surface area contributed by atoms with E-state index in [9.17, 15) is 26.4 Å². The average Bonchev–Trinajstić information content (AvgIpc) is 2.68. The summed E-state index contributed by atoms with van der Waals surface area (Å²) < 4.78 is 47.1. The number of carbonyl (C=O) groups excluding carboxylic acids is 2. The summed E-state index contributed by atoms with van der Waals surface area (Å²) in [4.78, 5) is 25.5. The van der Waals surface area contributed by atoms with Crippen molar-refractivity contribution in [2.75, 3.05) is 17.8 Å². The molecule has 21 heavy (non-hydrogen) atoms. The Balaban J connectivity index is 3.14. The minimum atomic E-state index is -3.68. The Morgan fingerprint density at radius 3 is 2.24 bits per heavy atom. The first-order valence-corrected chi connectivity index (χ1v) is 9.75. The number of thiazole rings is 1. The molecule has 13 heteroatoms. The Hall–Kier alpha value is -1.57. The predicted molar refractivity (Wildman–Crippen MR) is 74.7 cm³/mol. The summed E-state index contributed by atoms with van der Waals surface area (Å²) in [7, 11) is -7.24. The predicted octanol–water partition coefficient (Wildman–Crippen LogP) is -1.98. The Labute approximate surface area is 124 Å². The number of carbonyl (C=O) groups is 2. The van der Waals surface area contributed by atoms with Crippen LogP contribution in [0.4, 0.5) is 5.13 Å². The molecule has 0 spiro atoms. The van der Waals surface area contributed by atoms with E-state index in [-0.39, 0.29) is 21.6 Å². The summed E-state index contributed by atoms with van der Waals surface area (Å²) in [5.41, 5.74) is 4.66. The molecule has 0 bridgehead atoms. The number of nitrogens with one attached hydrogen (secondary N) is 2. The number of aromatic nitrogens is 1. The molecule has 0 unspecified atom stereocenters. The van der Waals surface area contributed by atoms with E-state index >= 15 is 0 Å². The topological polar surface area (TPSA) is 165 Å². The van der Waals surface area contributed by atoms with Crippen molar-refractivity contribution in [1.29, 1.82) is 0 Å². The molecule has 2 amide bonds. The molecule has 1 rings (SSSR count). The maximum absolute atomic E-state index is 11.6. The number of nitrogens with zero attached hydrogens (tertiary/aromatic N) is 1. The van der Waals surface area contributed by atoms with Gasteiger partial charge < -0.3 is 5.73 Å². The second-order valence-electron chi connectivity index (χ2n) is 3.94. The number of hydrogen-bond donors (Lipinski definition) is 3. The van der Waals surface area contributed by atoms with Crippen LogP contribution in [0.15, 0.2) is 4.21 Å². The summed E-state index contributed by atoms with van der Waals surface area (Å²) >= 11 is 0.589. The van der Waals surface area contributed by atoms with E-state index in [4.69, 9.17) is 5.73 Å². The minimum absolute atomic E-state index is 0.0901. The summed E-state index contributed by atoms with van der Waals surface area (Å²) in [5, 5.41) is 1.85. The van der Waals surface area contributed by atoms with Crippen molar-refractivity contribution in [3.63, 3.8) is 0 Å². The van der Waals surface area contributed by atoms with Crippen molar-refractivity contribution in [2.24, 2.45) is 5.73 Å². The maximum Gasteiger partial charge on any atom is 0.315 e. The van der Waals surface area contributed by atoms with Crippen molar-refractivity contribution >= 4 is 48.1 Å². The van der Waals surface area contributed by atoms with E-state index < -0.39 is 31.7 Å². The van der Waals surface area contributed by atoms with Crippen molar-refractivity contribution in [3.05, 3.63) is 5.69 Å². The van der Waals surface area contributed by atoms with Crippen molar-refractivity contribution in [1.82, 2.24) is 9.71 Å². The molecule has 10 nitrogen and oxygen atoms in total. The number of anilines is 1. The quantitative estimate of drug-likeness (QED) is 0.514. The van der Waals surface area contributed by atoms with Crippen molar-refractivity contribution < 1.29 is 26.4 Å². The first kappa shape index (κ1) is 17.5. The molecule has 0 aromatic carbocycles. The fourth-order valence-electron chi connectivity index (χ4n) is 1.15. The van der Waals surface area contributed by atoms with Crippen LogP contribution in [-0.4, -0.2) is 46.1 Å². The first-order chi connectivity index (χ1) is 9.40. The van der Waals surface area contributed by atoms with E-state index in [2.05, 4.69) is 9.71 Å². The molecule has 1 heterocycles. The third-order valence-corrected chi connectivity index (χ3v) is 5.49. The highest BCUT2D eigenvalue weighted by Crippen LogP contribution is 2.27. The monoisotopic (exact) mass is 356 g/mol. The normalized spacial score (nSPS) is 12.1. The van der Waals surface area contributed by atoms with Gasteiger partial charge in [0.25, 0.3) is 0 Å². The molecular weight excluding hydrogens is 344 g/mol. The number of nitrogens with two attached hydrogens (primary N) is 1. The van der Waals surface area contributed by atoms with Crippen molar-refractivity contribution in [2.45, 2.75) is 10.8 Å². The zero-order valence-corrected chi connectivity index (χ0v) is 13.4. The SMILES string of the molecule is CS(=O)(=O)NCc1nc(NC(=O)C(N)=O)sc1S(C)(=O)=O. The van der Waals surface area contributed by atoms with Crippen LogP contribution in [0.2, 0.25) is 0 Å². The van der Waals surface area contributed by atoms with E-state index in [0.29, 0.717) is 11.3 Å².